The Kier molecular flexibility index (Phi) is 3.80. The van der Waals surface area contributed by atoms with Gasteiger partial charge >= 0.3 is 0 Å². The van der Waals surface area contributed by atoms with Crippen LogP contribution in [-0.4, -0.2) is 15.4 Å². The molecular formula is C15H18N2OS. The van der Waals surface area contributed by atoms with Crippen LogP contribution in [0.1, 0.15) is 57.4 Å². The molecule has 0 spiro atoms. The van der Waals surface area contributed by atoms with Crippen LogP contribution in [0.2, 0.25) is 0 Å². The number of aromatic nitrogens is 2. The van der Waals surface area contributed by atoms with Crippen molar-refractivity contribution in [3.63, 3.8) is 0 Å². The number of carbonyl (C=O) groups excluding carboxylic acids is 1. The zero-order chi connectivity index (χ0) is 14.2. The van der Waals surface area contributed by atoms with Gasteiger partial charge in [-0.15, -0.1) is 5.10 Å². The van der Waals surface area contributed by atoms with Gasteiger partial charge in [-0.2, -0.15) is 0 Å². The number of benzene rings is 1. The van der Waals surface area contributed by atoms with Crippen molar-refractivity contribution in [2.75, 3.05) is 0 Å². The molecule has 100 valence electrons. The third kappa shape index (κ3) is 2.59. The molecule has 0 saturated carbocycles. The fraction of sp³-hybridized carbons (Fsp3) is 0.400. The predicted molar refractivity (Wildman–Crippen MR) is 78.1 cm³/mol. The van der Waals surface area contributed by atoms with Gasteiger partial charge in [-0.1, -0.05) is 24.4 Å². The number of rotatable bonds is 3. The van der Waals surface area contributed by atoms with E-state index in [1.807, 2.05) is 33.8 Å². The molecule has 1 heterocycles. The van der Waals surface area contributed by atoms with Gasteiger partial charge in [0.05, 0.1) is 5.69 Å². The number of hydrogen-bond acceptors (Lipinski definition) is 4. The van der Waals surface area contributed by atoms with Gasteiger partial charge in [0, 0.05) is 5.56 Å². The van der Waals surface area contributed by atoms with Crippen LogP contribution in [0.4, 0.5) is 0 Å². The lowest BCUT2D eigenvalue weighted by molar-refractivity contribution is 0.104. The summed E-state index contributed by atoms with van der Waals surface area (Å²) in [5.41, 5.74) is 4.91. The average molecular weight is 274 g/mol. The highest BCUT2D eigenvalue weighted by atomic mass is 32.1. The second kappa shape index (κ2) is 5.21. The lowest BCUT2D eigenvalue weighted by atomic mass is 9.96. The largest absolute Gasteiger partial charge is 0.288 e. The molecule has 2 aromatic rings. The summed E-state index contributed by atoms with van der Waals surface area (Å²) in [7, 11) is 0. The first-order valence-electron chi connectivity index (χ1n) is 6.36. The summed E-state index contributed by atoms with van der Waals surface area (Å²) in [5.74, 6) is 0.254. The summed E-state index contributed by atoms with van der Waals surface area (Å²) in [4.78, 5) is 13.3. The predicted octanol–water partition coefficient (Wildman–Crippen LogP) is 3.82. The van der Waals surface area contributed by atoms with Crippen LogP contribution in [0.15, 0.2) is 12.1 Å². The number of hydrogen-bond donors (Lipinski definition) is 0. The molecule has 0 N–H and O–H groups in total. The summed E-state index contributed by atoms with van der Waals surface area (Å²) < 4.78 is 3.93. The number of aryl methyl sites for hydroxylation is 3. The second-order valence-electron chi connectivity index (χ2n) is 5.22. The highest BCUT2D eigenvalue weighted by Crippen LogP contribution is 2.25. The molecule has 0 aliphatic carbocycles. The van der Waals surface area contributed by atoms with Crippen molar-refractivity contribution in [3.05, 3.63) is 45.0 Å². The molecule has 0 fully saturated rings. The molecule has 1 aromatic heterocycles. The Balaban J connectivity index is 2.50. The van der Waals surface area contributed by atoms with Crippen LogP contribution in [0.3, 0.4) is 0 Å². The monoisotopic (exact) mass is 274 g/mol. The topological polar surface area (TPSA) is 42.9 Å². The van der Waals surface area contributed by atoms with Gasteiger partial charge in [-0.3, -0.25) is 4.79 Å². The van der Waals surface area contributed by atoms with Crippen molar-refractivity contribution in [3.8, 4) is 0 Å². The molecule has 1 aromatic carbocycles. The van der Waals surface area contributed by atoms with Crippen molar-refractivity contribution < 1.29 is 4.79 Å². The fourth-order valence-electron chi connectivity index (χ4n) is 2.06. The number of ketones is 1. The van der Waals surface area contributed by atoms with E-state index in [9.17, 15) is 4.79 Å². The van der Waals surface area contributed by atoms with Crippen molar-refractivity contribution in [1.29, 1.82) is 0 Å². The van der Waals surface area contributed by atoms with Crippen LogP contribution in [-0.2, 0) is 0 Å². The molecule has 0 unspecified atom stereocenters. The van der Waals surface area contributed by atoms with Crippen LogP contribution in [0.5, 0.6) is 0 Å². The van der Waals surface area contributed by atoms with Crippen molar-refractivity contribution in [2.45, 2.75) is 40.5 Å². The van der Waals surface area contributed by atoms with Crippen LogP contribution in [0.25, 0.3) is 0 Å². The van der Waals surface area contributed by atoms with Gasteiger partial charge in [0.15, 0.2) is 0 Å². The summed E-state index contributed by atoms with van der Waals surface area (Å²) in [6.45, 7) is 10.1. The maximum atomic E-state index is 12.6. The number of carbonyl (C=O) groups is 1. The van der Waals surface area contributed by atoms with Gasteiger partial charge in [0.25, 0.3) is 0 Å². The lowest BCUT2D eigenvalue weighted by Crippen LogP contribution is -2.07. The molecule has 2 rings (SSSR count). The Morgan fingerprint density at radius 2 is 1.74 bits per heavy atom. The molecule has 0 aliphatic rings. The third-order valence-corrected chi connectivity index (χ3v) is 4.09. The molecule has 0 bridgehead atoms. The molecule has 3 nitrogen and oxygen atoms in total. The summed E-state index contributed by atoms with van der Waals surface area (Å²) in [6, 6.07) is 4.03. The molecule has 0 amide bonds. The zero-order valence-electron chi connectivity index (χ0n) is 11.9. The Labute approximate surface area is 117 Å². The second-order valence-corrected chi connectivity index (χ2v) is 5.98. The Bertz CT molecular complexity index is 629. The summed E-state index contributed by atoms with van der Waals surface area (Å²) in [6.07, 6.45) is 0. The van der Waals surface area contributed by atoms with Gasteiger partial charge < -0.3 is 0 Å². The minimum absolute atomic E-state index is 0.0410. The van der Waals surface area contributed by atoms with Crippen LogP contribution in [0, 0.1) is 20.8 Å². The Hall–Kier alpha value is -1.55. The molecule has 0 aliphatic heterocycles. The van der Waals surface area contributed by atoms with Gasteiger partial charge in [0.1, 0.15) is 4.88 Å². The third-order valence-electron chi connectivity index (χ3n) is 3.35. The average Bonchev–Trinajstić information content (AvgIpc) is 2.82. The molecular weight excluding hydrogens is 256 g/mol. The minimum atomic E-state index is 0.0410. The maximum absolute atomic E-state index is 12.6. The van der Waals surface area contributed by atoms with E-state index < -0.39 is 0 Å². The van der Waals surface area contributed by atoms with E-state index in [0.717, 1.165) is 22.4 Å². The zero-order valence-corrected chi connectivity index (χ0v) is 12.8. The van der Waals surface area contributed by atoms with E-state index in [1.165, 1.54) is 17.1 Å². The molecule has 19 heavy (non-hydrogen) atoms. The highest BCUT2D eigenvalue weighted by Gasteiger charge is 2.21. The van der Waals surface area contributed by atoms with Crippen molar-refractivity contribution in [1.82, 2.24) is 9.59 Å². The molecule has 0 saturated heterocycles. The Morgan fingerprint density at radius 3 is 2.37 bits per heavy atom. The van der Waals surface area contributed by atoms with Crippen molar-refractivity contribution >= 4 is 17.3 Å². The van der Waals surface area contributed by atoms with Crippen LogP contribution < -0.4 is 0 Å². The maximum Gasteiger partial charge on any atom is 0.206 e. The molecule has 0 atom stereocenters. The first-order chi connectivity index (χ1) is 8.91. The quantitative estimate of drug-likeness (QED) is 0.799. The standard InChI is InChI=1S/C15H18N2OS/c1-8(2)13-15(19-17-16-13)14(18)12-7-10(4)9(3)6-11(12)5/h6-8H,1-5H3. The normalized spacial score (nSPS) is 11.1. The summed E-state index contributed by atoms with van der Waals surface area (Å²) in [5, 5.41) is 4.08. The van der Waals surface area contributed by atoms with E-state index in [2.05, 4.69) is 22.6 Å². The first kappa shape index (κ1) is 13.9. The molecule has 0 radical (unpaired) electrons. The van der Waals surface area contributed by atoms with Gasteiger partial charge in [-0.25, -0.2) is 0 Å². The van der Waals surface area contributed by atoms with Gasteiger partial charge in [0.2, 0.25) is 5.78 Å². The highest BCUT2D eigenvalue weighted by molar-refractivity contribution is 7.08. The van der Waals surface area contributed by atoms with E-state index in [1.54, 1.807) is 0 Å². The Morgan fingerprint density at radius 1 is 1.11 bits per heavy atom. The summed E-state index contributed by atoms with van der Waals surface area (Å²) >= 11 is 1.19. The van der Waals surface area contributed by atoms with Gasteiger partial charge in [-0.05, 0) is 61.0 Å². The SMILES string of the molecule is Cc1cc(C)c(C(=O)c2snnc2C(C)C)cc1C. The van der Waals surface area contributed by atoms with E-state index in [0.29, 0.717) is 4.88 Å². The van der Waals surface area contributed by atoms with E-state index >= 15 is 0 Å². The molecule has 4 heteroatoms. The van der Waals surface area contributed by atoms with Crippen molar-refractivity contribution in [2.24, 2.45) is 0 Å². The van der Waals surface area contributed by atoms with Crippen LogP contribution >= 0.6 is 11.5 Å². The lowest BCUT2D eigenvalue weighted by Gasteiger charge is -2.09. The van der Waals surface area contributed by atoms with E-state index in [-0.39, 0.29) is 11.7 Å². The minimum Gasteiger partial charge on any atom is -0.288 e. The smallest absolute Gasteiger partial charge is 0.206 e. The number of nitrogens with zero attached hydrogens (tertiary/aromatic N) is 2. The first-order valence-corrected chi connectivity index (χ1v) is 7.14. The van der Waals surface area contributed by atoms with E-state index in [4.69, 9.17) is 0 Å². The fourth-order valence-corrected chi connectivity index (χ4v) is 2.83.